The fourth-order valence-electron chi connectivity index (χ4n) is 1.37. The molecular formula is C14H24N2OSi. The average molecular weight is 264 g/mol. The van der Waals surface area contributed by atoms with Gasteiger partial charge in [-0.3, -0.25) is 9.98 Å². The highest BCUT2D eigenvalue weighted by Crippen LogP contribution is 2.11. The summed E-state index contributed by atoms with van der Waals surface area (Å²) >= 11 is 0. The molecule has 0 fully saturated rings. The fourth-order valence-corrected chi connectivity index (χ4v) is 2.04. The van der Waals surface area contributed by atoms with Crippen LogP contribution in [0.4, 0.5) is 0 Å². The molecule has 1 rings (SSSR count). The van der Waals surface area contributed by atoms with E-state index in [1.54, 1.807) is 6.20 Å². The second kappa shape index (κ2) is 6.80. The van der Waals surface area contributed by atoms with Crippen LogP contribution in [0, 0.1) is 5.92 Å². The smallest absolute Gasteiger partial charge is 0.183 e. The van der Waals surface area contributed by atoms with Crippen LogP contribution in [0.25, 0.3) is 0 Å². The third kappa shape index (κ3) is 6.07. The predicted octanol–water partition coefficient (Wildman–Crippen LogP) is 3.38. The van der Waals surface area contributed by atoms with Gasteiger partial charge in [0.1, 0.15) is 0 Å². The van der Waals surface area contributed by atoms with Crippen molar-refractivity contribution in [2.45, 2.75) is 39.5 Å². The summed E-state index contributed by atoms with van der Waals surface area (Å²) in [4.78, 5) is 8.84. The van der Waals surface area contributed by atoms with E-state index >= 15 is 0 Å². The molecule has 1 heterocycles. The lowest BCUT2D eigenvalue weighted by Gasteiger charge is -2.23. The lowest BCUT2D eigenvalue weighted by molar-refractivity contribution is 0.255. The summed E-state index contributed by atoms with van der Waals surface area (Å²) in [7, 11) is -1.46. The first-order valence-electron chi connectivity index (χ1n) is 6.46. The first-order valence-corrected chi connectivity index (χ1v) is 9.87. The zero-order valence-electron chi connectivity index (χ0n) is 12.1. The lowest BCUT2D eigenvalue weighted by atomic mass is 10.1. The summed E-state index contributed by atoms with van der Waals surface area (Å²) < 4.78 is 5.95. The summed E-state index contributed by atoms with van der Waals surface area (Å²) in [6, 6.07) is 6.04. The zero-order chi connectivity index (χ0) is 13.6. The summed E-state index contributed by atoms with van der Waals surface area (Å²) in [5.41, 5.74) is 0.899. The van der Waals surface area contributed by atoms with Gasteiger partial charge in [0.2, 0.25) is 0 Å². The van der Waals surface area contributed by atoms with Gasteiger partial charge in [0.25, 0.3) is 0 Å². The Morgan fingerprint density at radius 1 is 1.33 bits per heavy atom. The second-order valence-electron chi connectivity index (χ2n) is 5.77. The number of hydrogen-bond donors (Lipinski definition) is 0. The maximum atomic E-state index is 5.95. The van der Waals surface area contributed by atoms with Crippen LogP contribution in [0.2, 0.25) is 19.6 Å². The Hall–Kier alpha value is -1.00. The molecule has 4 heteroatoms. The molecule has 0 aliphatic rings. The highest BCUT2D eigenvalue weighted by atomic mass is 28.4. The molecule has 0 aliphatic carbocycles. The molecule has 100 valence electrons. The number of rotatable bonds is 6. The van der Waals surface area contributed by atoms with E-state index in [2.05, 4.69) is 43.5 Å². The van der Waals surface area contributed by atoms with Gasteiger partial charge in [-0.05, 0) is 37.7 Å². The molecule has 0 N–H and O–H groups in total. The number of nitrogens with zero attached hydrogens (tertiary/aromatic N) is 2. The predicted molar refractivity (Wildman–Crippen MR) is 79.8 cm³/mol. The summed E-state index contributed by atoms with van der Waals surface area (Å²) in [6.45, 7) is 11.7. The number of aromatic nitrogens is 1. The molecule has 0 bridgehead atoms. The molecule has 1 atom stereocenters. The van der Waals surface area contributed by atoms with E-state index in [1.165, 1.54) is 0 Å². The standard InChI is InChI=1S/C14H24N2OSi/c1-12(2)14(11-17-18(3,4)5)16-10-13-8-6-7-9-15-13/h6-10,12,14H,11H2,1-5H3/t14-/m0/s1. The van der Waals surface area contributed by atoms with Crippen LogP contribution in [-0.4, -0.2) is 32.2 Å². The SMILES string of the molecule is CC(C)[C@H](CO[Si](C)(C)C)N=Cc1ccccn1. The molecule has 0 unspecified atom stereocenters. The number of pyridine rings is 1. The molecule has 0 saturated heterocycles. The molecule has 3 nitrogen and oxygen atoms in total. The van der Waals surface area contributed by atoms with Crippen LogP contribution in [0.15, 0.2) is 29.4 Å². The monoisotopic (exact) mass is 264 g/mol. The first-order chi connectivity index (χ1) is 8.38. The van der Waals surface area contributed by atoms with Crippen molar-refractivity contribution in [2.75, 3.05) is 6.61 Å². The molecule has 1 aromatic heterocycles. The molecular weight excluding hydrogens is 240 g/mol. The maximum absolute atomic E-state index is 5.95. The van der Waals surface area contributed by atoms with E-state index in [9.17, 15) is 0 Å². The normalized spacial score (nSPS) is 14.3. The highest BCUT2D eigenvalue weighted by molar-refractivity contribution is 6.69. The van der Waals surface area contributed by atoms with Crippen LogP contribution in [0.5, 0.6) is 0 Å². The molecule has 0 radical (unpaired) electrons. The van der Waals surface area contributed by atoms with E-state index in [4.69, 9.17) is 4.43 Å². The molecule has 0 aromatic carbocycles. The molecule has 1 aromatic rings. The second-order valence-corrected chi connectivity index (χ2v) is 10.3. The Labute approximate surface area is 111 Å². The minimum Gasteiger partial charge on any atom is -0.415 e. The van der Waals surface area contributed by atoms with Gasteiger partial charge in [-0.2, -0.15) is 0 Å². The van der Waals surface area contributed by atoms with E-state index in [-0.39, 0.29) is 6.04 Å². The van der Waals surface area contributed by atoms with Crippen molar-refractivity contribution in [3.63, 3.8) is 0 Å². The van der Waals surface area contributed by atoms with Gasteiger partial charge < -0.3 is 4.43 Å². The quantitative estimate of drug-likeness (QED) is 0.583. The maximum Gasteiger partial charge on any atom is 0.183 e. The Morgan fingerprint density at radius 2 is 2.06 bits per heavy atom. The molecule has 0 saturated carbocycles. The van der Waals surface area contributed by atoms with Crippen LogP contribution >= 0.6 is 0 Å². The van der Waals surface area contributed by atoms with Crippen molar-refractivity contribution in [3.8, 4) is 0 Å². The third-order valence-electron chi connectivity index (χ3n) is 2.54. The van der Waals surface area contributed by atoms with Gasteiger partial charge in [-0.1, -0.05) is 19.9 Å². The van der Waals surface area contributed by atoms with Gasteiger partial charge in [0.15, 0.2) is 8.32 Å². The van der Waals surface area contributed by atoms with Crippen molar-refractivity contribution < 1.29 is 4.43 Å². The Balaban J connectivity index is 2.61. The van der Waals surface area contributed by atoms with Crippen LogP contribution in [0.1, 0.15) is 19.5 Å². The lowest BCUT2D eigenvalue weighted by Crippen LogP contribution is -2.31. The van der Waals surface area contributed by atoms with E-state index in [0.29, 0.717) is 12.5 Å². The van der Waals surface area contributed by atoms with Crippen LogP contribution < -0.4 is 0 Å². The zero-order valence-corrected chi connectivity index (χ0v) is 13.1. The summed E-state index contributed by atoms with van der Waals surface area (Å²) in [5, 5.41) is 0. The highest BCUT2D eigenvalue weighted by Gasteiger charge is 2.19. The number of aliphatic imine (C=N–C) groups is 1. The molecule has 18 heavy (non-hydrogen) atoms. The fraction of sp³-hybridized carbons (Fsp3) is 0.571. The van der Waals surface area contributed by atoms with E-state index in [1.807, 2.05) is 24.4 Å². The van der Waals surface area contributed by atoms with Gasteiger partial charge in [-0.15, -0.1) is 0 Å². The molecule has 0 amide bonds. The molecule has 0 aliphatic heterocycles. The minimum absolute atomic E-state index is 0.207. The largest absolute Gasteiger partial charge is 0.415 e. The van der Waals surface area contributed by atoms with Crippen molar-refractivity contribution >= 4 is 14.5 Å². The van der Waals surface area contributed by atoms with Crippen LogP contribution in [0.3, 0.4) is 0 Å². The summed E-state index contributed by atoms with van der Waals surface area (Å²) in [6.07, 6.45) is 3.63. The number of hydrogen-bond acceptors (Lipinski definition) is 3. The topological polar surface area (TPSA) is 34.5 Å². The van der Waals surface area contributed by atoms with Crippen LogP contribution in [-0.2, 0) is 4.43 Å². The van der Waals surface area contributed by atoms with Gasteiger partial charge in [-0.25, -0.2) is 0 Å². The first kappa shape index (κ1) is 15.1. The van der Waals surface area contributed by atoms with E-state index in [0.717, 1.165) is 5.69 Å². The van der Waals surface area contributed by atoms with Crippen molar-refractivity contribution in [3.05, 3.63) is 30.1 Å². The van der Waals surface area contributed by atoms with Crippen molar-refractivity contribution in [1.29, 1.82) is 0 Å². The van der Waals surface area contributed by atoms with Gasteiger partial charge in [0.05, 0.1) is 18.3 Å². The minimum atomic E-state index is -1.46. The Kier molecular flexibility index (Phi) is 5.69. The average Bonchev–Trinajstić information content (AvgIpc) is 2.28. The Bertz CT molecular complexity index is 371. The van der Waals surface area contributed by atoms with E-state index < -0.39 is 8.32 Å². The Morgan fingerprint density at radius 3 is 2.56 bits per heavy atom. The van der Waals surface area contributed by atoms with Crippen molar-refractivity contribution in [1.82, 2.24) is 4.98 Å². The van der Waals surface area contributed by atoms with Crippen molar-refractivity contribution in [2.24, 2.45) is 10.9 Å². The van der Waals surface area contributed by atoms with Gasteiger partial charge >= 0.3 is 0 Å². The van der Waals surface area contributed by atoms with Gasteiger partial charge in [0, 0.05) is 12.4 Å². The third-order valence-corrected chi connectivity index (χ3v) is 3.58. The summed E-state index contributed by atoms with van der Waals surface area (Å²) in [5.74, 6) is 0.473. The molecule has 0 spiro atoms.